The fourth-order valence-corrected chi connectivity index (χ4v) is 4.39. The number of hydrogen-bond donors (Lipinski definition) is 1. The molecule has 30 heavy (non-hydrogen) atoms. The fourth-order valence-electron chi connectivity index (χ4n) is 3.71. The van der Waals surface area contributed by atoms with E-state index in [0.29, 0.717) is 23.7 Å². The Balaban J connectivity index is 1.60. The number of pyridine rings is 1. The third-order valence-electron chi connectivity index (χ3n) is 5.42. The van der Waals surface area contributed by atoms with Gasteiger partial charge in [-0.2, -0.15) is 0 Å². The van der Waals surface area contributed by atoms with Crippen molar-refractivity contribution in [2.75, 3.05) is 12.3 Å². The van der Waals surface area contributed by atoms with Crippen molar-refractivity contribution in [3.8, 4) is 16.5 Å². The van der Waals surface area contributed by atoms with Gasteiger partial charge in [-0.05, 0) is 31.9 Å². The normalized spacial score (nSPS) is 18.8. The third kappa shape index (κ3) is 3.93. The van der Waals surface area contributed by atoms with Crippen molar-refractivity contribution < 1.29 is 9.53 Å². The smallest absolute Gasteiger partial charge is 0.255 e. The fraction of sp³-hybridized carbons (Fsp3) is 0.261. The van der Waals surface area contributed by atoms with Gasteiger partial charge in [-0.3, -0.25) is 4.79 Å². The SMILES string of the molecule is C=CC1CCC(Oc2nccc(N)c2C)CN1C(=O)c1ccccc1-c1nccs1. The predicted octanol–water partition coefficient (Wildman–Crippen LogP) is 4.33. The van der Waals surface area contributed by atoms with Crippen molar-refractivity contribution in [2.24, 2.45) is 0 Å². The summed E-state index contributed by atoms with van der Waals surface area (Å²) in [6.07, 6.45) is 6.65. The van der Waals surface area contributed by atoms with Crippen LogP contribution in [0.3, 0.4) is 0 Å². The van der Waals surface area contributed by atoms with Gasteiger partial charge in [-0.1, -0.05) is 24.3 Å². The first-order chi connectivity index (χ1) is 14.6. The number of ether oxygens (including phenoxy) is 1. The molecule has 0 radical (unpaired) electrons. The predicted molar refractivity (Wildman–Crippen MR) is 120 cm³/mol. The summed E-state index contributed by atoms with van der Waals surface area (Å²) in [5.74, 6) is 0.476. The van der Waals surface area contributed by atoms with Crippen molar-refractivity contribution >= 4 is 22.9 Å². The molecule has 6 nitrogen and oxygen atoms in total. The van der Waals surface area contributed by atoms with E-state index in [0.717, 1.165) is 29.0 Å². The third-order valence-corrected chi connectivity index (χ3v) is 6.22. The Morgan fingerprint density at radius 3 is 2.87 bits per heavy atom. The van der Waals surface area contributed by atoms with Crippen LogP contribution in [0, 0.1) is 6.92 Å². The molecule has 1 fully saturated rings. The molecule has 0 spiro atoms. The zero-order valence-electron chi connectivity index (χ0n) is 16.8. The summed E-state index contributed by atoms with van der Waals surface area (Å²) in [6.45, 7) is 6.29. The number of nitrogen functional groups attached to an aromatic ring is 1. The van der Waals surface area contributed by atoms with E-state index in [-0.39, 0.29) is 18.1 Å². The minimum Gasteiger partial charge on any atom is -0.472 e. The molecule has 2 aromatic heterocycles. The number of benzene rings is 1. The zero-order valence-corrected chi connectivity index (χ0v) is 17.6. The number of likely N-dealkylation sites (tertiary alicyclic amines) is 1. The number of anilines is 1. The van der Waals surface area contributed by atoms with Gasteiger partial charge in [0.25, 0.3) is 5.91 Å². The zero-order chi connectivity index (χ0) is 21.1. The van der Waals surface area contributed by atoms with Crippen LogP contribution in [0.2, 0.25) is 0 Å². The second-order valence-corrected chi connectivity index (χ2v) is 8.19. The maximum atomic E-state index is 13.6. The molecule has 1 aromatic carbocycles. The van der Waals surface area contributed by atoms with Gasteiger partial charge < -0.3 is 15.4 Å². The largest absolute Gasteiger partial charge is 0.472 e. The lowest BCUT2D eigenvalue weighted by atomic mass is 9.97. The van der Waals surface area contributed by atoms with Gasteiger partial charge in [0.15, 0.2) is 0 Å². The summed E-state index contributed by atoms with van der Waals surface area (Å²) in [5.41, 5.74) is 8.92. The highest BCUT2D eigenvalue weighted by atomic mass is 32.1. The Hall–Kier alpha value is -3.19. The maximum absolute atomic E-state index is 13.6. The van der Waals surface area contributed by atoms with E-state index in [2.05, 4.69) is 16.5 Å². The molecule has 7 heteroatoms. The molecule has 0 bridgehead atoms. The molecule has 2 atom stereocenters. The summed E-state index contributed by atoms with van der Waals surface area (Å²) < 4.78 is 6.15. The number of nitrogens with zero attached hydrogens (tertiary/aromatic N) is 3. The van der Waals surface area contributed by atoms with Crippen LogP contribution in [0.4, 0.5) is 5.69 Å². The summed E-state index contributed by atoms with van der Waals surface area (Å²) in [6, 6.07) is 9.30. The molecule has 1 saturated heterocycles. The molecular formula is C23H24N4O2S. The lowest BCUT2D eigenvalue weighted by Crippen LogP contribution is -2.49. The first-order valence-corrected chi connectivity index (χ1v) is 10.8. The van der Waals surface area contributed by atoms with E-state index in [1.807, 2.05) is 47.5 Å². The van der Waals surface area contributed by atoms with Crippen LogP contribution in [-0.4, -0.2) is 39.5 Å². The average Bonchev–Trinajstić information content (AvgIpc) is 3.31. The summed E-state index contributed by atoms with van der Waals surface area (Å²) >= 11 is 1.52. The van der Waals surface area contributed by atoms with Crippen LogP contribution in [0.25, 0.3) is 10.6 Å². The molecule has 2 unspecified atom stereocenters. The molecule has 1 aliphatic rings. The van der Waals surface area contributed by atoms with Gasteiger partial charge in [-0.25, -0.2) is 9.97 Å². The Bertz CT molecular complexity index is 1050. The summed E-state index contributed by atoms with van der Waals surface area (Å²) in [7, 11) is 0. The number of nitrogens with two attached hydrogens (primary N) is 1. The van der Waals surface area contributed by atoms with Gasteiger partial charge >= 0.3 is 0 Å². The van der Waals surface area contributed by atoms with E-state index in [1.165, 1.54) is 11.3 Å². The van der Waals surface area contributed by atoms with Crippen LogP contribution in [0.5, 0.6) is 5.88 Å². The quantitative estimate of drug-likeness (QED) is 0.621. The van der Waals surface area contributed by atoms with Crippen LogP contribution in [0.1, 0.15) is 28.8 Å². The maximum Gasteiger partial charge on any atom is 0.255 e. The van der Waals surface area contributed by atoms with Gasteiger partial charge in [0.2, 0.25) is 5.88 Å². The van der Waals surface area contributed by atoms with Crippen molar-refractivity contribution in [2.45, 2.75) is 31.9 Å². The Morgan fingerprint density at radius 1 is 1.27 bits per heavy atom. The number of thiazole rings is 1. The number of carbonyl (C=O) groups is 1. The number of amides is 1. The molecule has 0 aliphatic carbocycles. The minimum absolute atomic E-state index is 0.0448. The monoisotopic (exact) mass is 420 g/mol. The molecule has 2 N–H and O–H groups in total. The van der Waals surface area contributed by atoms with Crippen molar-refractivity contribution in [1.82, 2.24) is 14.9 Å². The standard InChI is InChI=1S/C23H24N4O2S/c1-3-16-8-9-17(29-21-15(2)20(24)10-11-25-21)14-27(16)23(28)19-7-5-4-6-18(19)22-26-12-13-30-22/h3-7,10-13,16-17H,1,8-9,14H2,2H3,(H2,24,25). The van der Waals surface area contributed by atoms with Gasteiger partial charge in [0, 0.05) is 40.2 Å². The van der Waals surface area contributed by atoms with Crippen molar-refractivity contribution in [1.29, 1.82) is 0 Å². The second kappa shape index (κ2) is 8.67. The van der Waals surface area contributed by atoms with Crippen LogP contribution < -0.4 is 10.5 Å². The summed E-state index contributed by atoms with van der Waals surface area (Å²) in [4.78, 5) is 24.1. The number of carbonyl (C=O) groups excluding carboxylic acids is 1. The highest BCUT2D eigenvalue weighted by Crippen LogP contribution is 2.30. The average molecular weight is 421 g/mol. The van der Waals surface area contributed by atoms with E-state index < -0.39 is 0 Å². The first-order valence-electron chi connectivity index (χ1n) is 9.88. The van der Waals surface area contributed by atoms with E-state index in [4.69, 9.17) is 10.5 Å². The van der Waals surface area contributed by atoms with Gasteiger partial charge in [-0.15, -0.1) is 17.9 Å². The minimum atomic E-state index is -0.162. The first kappa shape index (κ1) is 20.1. The topological polar surface area (TPSA) is 81.3 Å². The van der Waals surface area contributed by atoms with E-state index in [9.17, 15) is 4.79 Å². The Kier molecular flexibility index (Phi) is 5.81. The highest BCUT2D eigenvalue weighted by Gasteiger charge is 2.33. The Morgan fingerprint density at radius 2 is 2.10 bits per heavy atom. The van der Waals surface area contributed by atoms with E-state index >= 15 is 0 Å². The van der Waals surface area contributed by atoms with E-state index in [1.54, 1.807) is 18.5 Å². The van der Waals surface area contributed by atoms with Crippen LogP contribution >= 0.6 is 11.3 Å². The number of hydrogen-bond acceptors (Lipinski definition) is 6. The molecule has 1 aliphatic heterocycles. The molecule has 1 amide bonds. The molecule has 4 rings (SSSR count). The van der Waals surface area contributed by atoms with Gasteiger partial charge in [0.1, 0.15) is 11.1 Å². The summed E-state index contributed by atoms with van der Waals surface area (Å²) in [5, 5.41) is 2.74. The molecule has 154 valence electrons. The van der Waals surface area contributed by atoms with Crippen molar-refractivity contribution in [3.63, 3.8) is 0 Å². The lowest BCUT2D eigenvalue weighted by molar-refractivity contribution is 0.0420. The Labute approximate surface area is 180 Å². The number of aromatic nitrogens is 2. The van der Waals surface area contributed by atoms with Crippen LogP contribution in [-0.2, 0) is 0 Å². The molecule has 3 heterocycles. The number of rotatable bonds is 5. The number of piperidine rings is 1. The molecule has 0 saturated carbocycles. The van der Waals surface area contributed by atoms with Crippen molar-refractivity contribution in [3.05, 3.63) is 71.9 Å². The highest BCUT2D eigenvalue weighted by molar-refractivity contribution is 7.13. The van der Waals surface area contributed by atoms with Crippen LogP contribution in [0.15, 0.2) is 60.8 Å². The lowest BCUT2D eigenvalue weighted by Gasteiger charge is -2.38. The molecular weight excluding hydrogens is 396 g/mol. The second-order valence-electron chi connectivity index (χ2n) is 7.29. The van der Waals surface area contributed by atoms with Gasteiger partial charge in [0.05, 0.1) is 12.6 Å². The molecule has 3 aromatic rings.